The van der Waals surface area contributed by atoms with Crippen molar-refractivity contribution in [3.8, 4) is 0 Å². The molecule has 0 saturated heterocycles. The molecule has 0 saturated carbocycles. The number of hydrogen-bond donors (Lipinski definition) is 3. The van der Waals surface area contributed by atoms with E-state index in [9.17, 15) is 9.59 Å². The quantitative estimate of drug-likeness (QED) is 0.342. The van der Waals surface area contributed by atoms with Gasteiger partial charge in [-0.05, 0) is 48.5 Å². The Balaban J connectivity index is 1.47. The number of carbonyl (C=O) groups excluding carboxylic acids is 2. The highest BCUT2D eigenvalue weighted by atomic mass is 16.1. The summed E-state index contributed by atoms with van der Waals surface area (Å²) >= 11 is 0. The number of nitrogens with one attached hydrogen (secondary N) is 2. The molecule has 0 heterocycles. The van der Waals surface area contributed by atoms with Crippen LogP contribution in [0, 0.1) is 0 Å². The average Bonchev–Trinajstić information content (AvgIpc) is 2.80. The summed E-state index contributed by atoms with van der Waals surface area (Å²) in [6.07, 6.45) is 0. The minimum atomic E-state index is -0.228. The Hall–Kier alpha value is -4.38. The Labute approximate surface area is 179 Å². The highest BCUT2D eigenvalue weighted by Gasteiger charge is 2.33. The third-order valence-electron chi connectivity index (χ3n) is 5.33. The van der Waals surface area contributed by atoms with E-state index in [1.54, 1.807) is 36.4 Å². The van der Waals surface area contributed by atoms with Crippen molar-refractivity contribution in [2.75, 3.05) is 16.4 Å². The monoisotopic (exact) mass is 405 g/mol. The second kappa shape index (κ2) is 7.46. The molecular formula is C26H19N3O2. The van der Waals surface area contributed by atoms with Crippen molar-refractivity contribution in [3.05, 3.63) is 113 Å². The fourth-order valence-electron chi connectivity index (χ4n) is 3.83. The first-order valence-corrected chi connectivity index (χ1v) is 9.92. The fourth-order valence-corrected chi connectivity index (χ4v) is 3.83. The van der Waals surface area contributed by atoms with E-state index in [0.29, 0.717) is 28.1 Å². The van der Waals surface area contributed by atoms with Crippen LogP contribution >= 0.6 is 0 Å². The van der Waals surface area contributed by atoms with E-state index in [1.807, 2.05) is 54.6 Å². The highest BCUT2D eigenvalue weighted by molar-refractivity contribution is 6.31. The van der Waals surface area contributed by atoms with Crippen LogP contribution in [0.3, 0.4) is 0 Å². The smallest absolute Gasteiger partial charge is 0.196 e. The second-order valence-electron chi connectivity index (χ2n) is 7.35. The molecule has 4 aromatic carbocycles. The van der Waals surface area contributed by atoms with E-state index in [1.165, 1.54) is 0 Å². The summed E-state index contributed by atoms with van der Waals surface area (Å²) in [5, 5.41) is 6.61. The van der Waals surface area contributed by atoms with Gasteiger partial charge in [-0.1, -0.05) is 42.5 Å². The number of nitrogen functional groups attached to an aromatic ring is 1. The Morgan fingerprint density at radius 1 is 0.516 bits per heavy atom. The van der Waals surface area contributed by atoms with Gasteiger partial charge < -0.3 is 16.4 Å². The number of anilines is 5. The van der Waals surface area contributed by atoms with Gasteiger partial charge in [0.25, 0.3) is 0 Å². The Morgan fingerprint density at radius 2 is 1.03 bits per heavy atom. The Bertz CT molecular complexity index is 1310. The van der Waals surface area contributed by atoms with E-state index < -0.39 is 0 Å². The summed E-state index contributed by atoms with van der Waals surface area (Å²) in [5.41, 5.74) is 11.1. The van der Waals surface area contributed by atoms with Crippen molar-refractivity contribution in [1.82, 2.24) is 0 Å². The second-order valence-corrected chi connectivity index (χ2v) is 7.35. The third-order valence-corrected chi connectivity index (χ3v) is 5.33. The first-order chi connectivity index (χ1) is 15.1. The Morgan fingerprint density at radius 3 is 1.68 bits per heavy atom. The molecule has 0 fully saturated rings. The fraction of sp³-hybridized carbons (Fsp3) is 0. The van der Waals surface area contributed by atoms with Gasteiger partial charge in [0.1, 0.15) is 0 Å². The van der Waals surface area contributed by atoms with Crippen molar-refractivity contribution in [3.63, 3.8) is 0 Å². The summed E-state index contributed by atoms with van der Waals surface area (Å²) in [6, 6.07) is 27.9. The molecule has 0 radical (unpaired) electrons. The standard InChI is InChI=1S/C26H19N3O2/c27-21-14-15-22(24-23(21)25(30)19-8-4-5-9-20(19)26(24)31)29-18-12-10-17(11-13-18)28-16-6-2-1-3-7-16/h1-15,28-29H,27H2. The van der Waals surface area contributed by atoms with Crippen LogP contribution in [0.2, 0.25) is 0 Å². The lowest BCUT2D eigenvalue weighted by molar-refractivity contribution is 0.0980. The van der Waals surface area contributed by atoms with Gasteiger partial charge in [-0.3, -0.25) is 9.59 Å². The molecule has 4 aromatic rings. The van der Waals surface area contributed by atoms with Crippen LogP contribution in [0.15, 0.2) is 91.0 Å². The lowest BCUT2D eigenvalue weighted by atomic mass is 9.82. The maximum absolute atomic E-state index is 13.2. The zero-order valence-corrected chi connectivity index (χ0v) is 16.6. The molecular weight excluding hydrogens is 386 g/mol. The first kappa shape index (κ1) is 18.6. The number of benzene rings is 4. The number of fused-ring (bicyclic) bond motifs is 2. The minimum absolute atomic E-state index is 0.206. The summed E-state index contributed by atoms with van der Waals surface area (Å²) < 4.78 is 0. The predicted molar refractivity (Wildman–Crippen MR) is 124 cm³/mol. The van der Waals surface area contributed by atoms with Crippen molar-refractivity contribution >= 4 is 40.0 Å². The highest BCUT2D eigenvalue weighted by Crippen LogP contribution is 2.36. The van der Waals surface area contributed by atoms with Crippen molar-refractivity contribution in [2.24, 2.45) is 0 Å². The average molecular weight is 405 g/mol. The molecule has 5 rings (SSSR count). The van der Waals surface area contributed by atoms with Crippen LogP contribution in [0.25, 0.3) is 0 Å². The number of hydrogen-bond acceptors (Lipinski definition) is 5. The van der Waals surface area contributed by atoms with Crippen molar-refractivity contribution in [1.29, 1.82) is 0 Å². The molecule has 0 bridgehead atoms. The maximum Gasteiger partial charge on any atom is 0.196 e. The minimum Gasteiger partial charge on any atom is -0.398 e. The molecule has 5 heteroatoms. The molecule has 0 amide bonds. The van der Waals surface area contributed by atoms with E-state index >= 15 is 0 Å². The molecule has 0 unspecified atom stereocenters. The largest absolute Gasteiger partial charge is 0.398 e. The molecule has 5 nitrogen and oxygen atoms in total. The molecule has 4 N–H and O–H groups in total. The van der Waals surface area contributed by atoms with E-state index in [-0.39, 0.29) is 17.1 Å². The summed E-state index contributed by atoms with van der Waals surface area (Å²) in [7, 11) is 0. The van der Waals surface area contributed by atoms with Gasteiger partial charge in [0.2, 0.25) is 0 Å². The first-order valence-electron chi connectivity index (χ1n) is 9.92. The van der Waals surface area contributed by atoms with Gasteiger partial charge in [0, 0.05) is 33.9 Å². The predicted octanol–water partition coefficient (Wildman–Crippen LogP) is 5.53. The third kappa shape index (κ3) is 3.32. The van der Waals surface area contributed by atoms with Gasteiger partial charge in [-0.25, -0.2) is 0 Å². The van der Waals surface area contributed by atoms with Crippen LogP contribution in [0.1, 0.15) is 31.8 Å². The van der Waals surface area contributed by atoms with Crippen LogP contribution in [-0.2, 0) is 0 Å². The van der Waals surface area contributed by atoms with Gasteiger partial charge in [0.15, 0.2) is 11.6 Å². The number of nitrogens with two attached hydrogens (primary N) is 1. The summed E-state index contributed by atoms with van der Waals surface area (Å²) in [6.45, 7) is 0. The molecule has 0 atom stereocenters. The molecule has 31 heavy (non-hydrogen) atoms. The molecule has 1 aliphatic rings. The van der Waals surface area contributed by atoms with E-state index in [0.717, 1.165) is 17.1 Å². The van der Waals surface area contributed by atoms with E-state index in [4.69, 9.17) is 5.73 Å². The number of ketones is 2. The normalized spacial score (nSPS) is 12.1. The van der Waals surface area contributed by atoms with Crippen molar-refractivity contribution in [2.45, 2.75) is 0 Å². The molecule has 1 aliphatic carbocycles. The number of para-hydroxylation sites is 1. The zero-order valence-electron chi connectivity index (χ0n) is 16.6. The van der Waals surface area contributed by atoms with E-state index in [2.05, 4.69) is 10.6 Å². The van der Waals surface area contributed by atoms with Gasteiger partial charge in [-0.2, -0.15) is 0 Å². The van der Waals surface area contributed by atoms with Gasteiger partial charge >= 0.3 is 0 Å². The maximum atomic E-state index is 13.2. The lowest BCUT2D eigenvalue weighted by Crippen LogP contribution is -2.23. The summed E-state index contributed by atoms with van der Waals surface area (Å²) in [4.78, 5) is 26.2. The lowest BCUT2D eigenvalue weighted by Gasteiger charge is -2.22. The van der Waals surface area contributed by atoms with Crippen LogP contribution in [0.5, 0.6) is 0 Å². The molecule has 150 valence electrons. The summed E-state index contributed by atoms with van der Waals surface area (Å²) in [5.74, 6) is -0.434. The van der Waals surface area contributed by atoms with Gasteiger partial charge in [-0.15, -0.1) is 0 Å². The molecule has 0 aliphatic heterocycles. The van der Waals surface area contributed by atoms with Crippen LogP contribution < -0.4 is 16.4 Å². The number of carbonyl (C=O) groups is 2. The SMILES string of the molecule is Nc1ccc(Nc2ccc(Nc3ccccc3)cc2)c2c1C(=O)c1ccccc1C2=O. The van der Waals surface area contributed by atoms with Crippen LogP contribution in [0.4, 0.5) is 28.4 Å². The van der Waals surface area contributed by atoms with Gasteiger partial charge in [0.05, 0.1) is 16.8 Å². The zero-order chi connectivity index (χ0) is 21.4. The molecule has 0 spiro atoms. The number of rotatable bonds is 4. The molecule has 0 aromatic heterocycles. The van der Waals surface area contributed by atoms with Crippen molar-refractivity contribution < 1.29 is 9.59 Å². The topological polar surface area (TPSA) is 84.2 Å². The van der Waals surface area contributed by atoms with Crippen LogP contribution in [-0.4, -0.2) is 11.6 Å². The Kier molecular flexibility index (Phi) is 4.49.